The first kappa shape index (κ1) is 14.0. The lowest BCUT2D eigenvalue weighted by atomic mass is 9.53. The third-order valence-electron chi connectivity index (χ3n) is 7.00. The summed E-state index contributed by atoms with van der Waals surface area (Å²) >= 11 is 0. The van der Waals surface area contributed by atoms with Crippen molar-refractivity contribution in [1.29, 1.82) is 0 Å². The topological polar surface area (TPSA) is 55.1 Å². The Kier molecular flexibility index (Phi) is 3.33. The number of rotatable bonds is 2. The number of carbonyl (C=O) groups is 1. The van der Waals surface area contributed by atoms with Crippen LogP contribution in [0.2, 0.25) is 0 Å². The van der Waals surface area contributed by atoms with Crippen molar-refractivity contribution < 1.29 is 4.79 Å². The highest BCUT2D eigenvalue weighted by Crippen LogP contribution is 2.55. The van der Waals surface area contributed by atoms with Crippen molar-refractivity contribution in [2.45, 2.75) is 76.3 Å². The fourth-order valence-electron chi connectivity index (χ4n) is 6.34. The van der Waals surface area contributed by atoms with Crippen LogP contribution in [-0.2, 0) is 4.79 Å². The van der Waals surface area contributed by atoms with Crippen LogP contribution in [0.25, 0.3) is 0 Å². The van der Waals surface area contributed by atoms with Gasteiger partial charge in [-0.2, -0.15) is 0 Å². The van der Waals surface area contributed by atoms with Gasteiger partial charge in [0, 0.05) is 17.5 Å². The van der Waals surface area contributed by atoms with E-state index in [0.29, 0.717) is 11.8 Å². The maximum absolute atomic E-state index is 12.9. The number of amides is 1. The lowest BCUT2D eigenvalue weighted by Gasteiger charge is -2.57. The Bertz CT molecular complexity index is 398. The van der Waals surface area contributed by atoms with E-state index in [1.165, 1.54) is 38.5 Å². The first-order valence-electron chi connectivity index (χ1n) is 9.10. The molecule has 118 valence electrons. The molecule has 3 N–H and O–H groups in total. The summed E-state index contributed by atoms with van der Waals surface area (Å²) in [5.74, 6) is 3.65. The Morgan fingerprint density at radius 3 is 2.14 bits per heavy atom. The third-order valence-corrected chi connectivity index (χ3v) is 7.00. The first-order valence-corrected chi connectivity index (χ1v) is 9.10. The molecular formula is C18H30N2O. The fraction of sp³-hybridized carbons (Fsp3) is 0.944. The number of nitrogens with two attached hydrogens (primary N) is 1. The van der Waals surface area contributed by atoms with Crippen LogP contribution < -0.4 is 11.1 Å². The van der Waals surface area contributed by atoms with E-state index in [1.807, 2.05) is 0 Å². The molecule has 4 bridgehead atoms. The molecule has 21 heavy (non-hydrogen) atoms. The highest BCUT2D eigenvalue weighted by Gasteiger charge is 2.52. The lowest BCUT2D eigenvalue weighted by molar-refractivity contribution is -0.133. The second-order valence-corrected chi connectivity index (χ2v) is 8.84. The van der Waals surface area contributed by atoms with Gasteiger partial charge in [-0.15, -0.1) is 0 Å². The largest absolute Gasteiger partial charge is 0.350 e. The molecule has 0 spiro atoms. The van der Waals surface area contributed by atoms with Crippen LogP contribution in [-0.4, -0.2) is 17.5 Å². The second-order valence-electron chi connectivity index (χ2n) is 8.84. The number of nitrogens with one attached hydrogen (secondary N) is 1. The molecule has 0 aromatic rings. The molecule has 0 aromatic carbocycles. The molecule has 0 aromatic heterocycles. The molecule has 1 amide bonds. The maximum Gasteiger partial charge on any atom is 0.223 e. The van der Waals surface area contributed by atoms with Crippen LogP contribution in [0.4, 0.5) is 0 Å². The van der Waals surface area contributed by atoms with E-state index >= 15 is 0 Å². The molecule has 3 heteroatoms. The molecule has 3 nitrogen and oxygen atoms in total. The molecule has 0 aliphatic heterocycles. The van der Waals surface area contributed by atoms with Crippen molar-refractivity contribution in [3.63, 3.8) is 0 Å². The van der Waals surface area contributed by atoms with Crippen molar-refractivity contribution in [3.8, 4) is 0 Å². The molecular weight excluding hydrogens is 260 g/mol. The van der Waals surface area contributed by atoms with Crippen LogP contribution in [0.3, 0.4) is 0 Å². The summed E-state index contributed by atoms with van der Waals surface area (Å²) in [5.41, 5.74) is 6.27. The van der Waals surface area contributed by atoms with Crippen LogP contribution in [0.15, 0.2) is 0 Å². The quantitative estimate of drug-likeness (QED) is 0.821. The van der Waals surface area contributed by atoms with E-state index < -0.39 is 0 Å². The van der Waals surface area contributed by atoms with Crippen molar-refractivity contribution >= 4 is 5.91 Å². The van der Waals surface area contributed by atoms with Crippen molar-refractivity contribution in [2.24, 2.45) is 35.3 Å². The molecule has 0 heterocycles. The molecule has 5 rings (SSSR count). The van der Waals surface area contributed by atoms with E-state index in [4.69, 9.17) is 5.73 Å². The van der Waals surface area contributed by atoms with E-state index in [0.717, 1.165) is 37.0 Å². The zero-order valence-corrected chi connectivity index (χ0v) is 13.3. The zero-order valence-electron chi connectivity index (χ0n) is 13.3. The summed E-state index contributed by atoms with van der Waals surface area (Å²) in [6.07, 6.45) is 11.1. The highest BCUT2D eigenvalue weighted by molar-refractivity contribution is 5.80. The molecule has 0 saturated heterocycles. The number of hydrogen-bond donors (Lipinski definition) is 2. The molecule has 3 unspecified atom stereocenters. The summed E-state index contributed by atoms with van der Waals surface area (Å²) in [6.45, 7) is 2.23. The number of carbonyl (C=O) groups excluding carboxylic acids is 1. The van der Waals surface area contributed by atoms with Crippen molar-refractivity contribution in [3.05, 3.63) is 0 Å². The minimum atomic E-state index is 0.154. The van der Waals surface area contributed by atoms with Gasteiger partial charge in [0.2, 0.25) is 5.91 Å². The SMILES string of the molecule is CC1CCC(N)CC1C(=O)NC12CC3CC(CC(C3)C1)C2. The smallest absolute Gasteiger partial charge is 0.223 e. The highest BCUT2D eigenvalue weighted by atomic mass is 16.2. The lowest BCUT2D eigenvalue weighted by Crippen LogP contribution is -2.61. The Morgan fingerprint density at radius 2 is 1.57 bits per heavy atom. The summed E-state index contributed by atoms with van der Waals surface area (Å²) in [6, 6.07) is 0.230. The molecule has 3 atom stereocenters. The van der Waals surface area contributed by atoms with E-state index in [2.05, 4.69) is 12.2 Å². The monoisotopic (exact) mass is 290 g/mol. The summed E-state index contributed by atoms with van der Waals surface area (Å²) < 4.78 is 0. The fourth-order valence-corrected chi connectivity index (χ4v) is 6.34. The standard InChI is InChI=1S/C18H30N2O/c1-11-2-3-15(19)7-16(11)17(21)20-18-8-12-4-13(9-18)6-14(5-12)10-18/h11-16H,2-10,19H2,1H3,(H,20,21). The van der Waals surface area contributed by atoms with Gasteiger partial charge in [0.15, 0.2) is 0 Å². The van der Waals surface area contributed by atoms with Gasteiger partial charge in [0.05, 0.1) is 0 Å². The van der Waals surface area contributed by atoms with E-state index in [-0.39, 0.29) is 17.5 Å². The Hall–Kier alpha value is -0.570. The molecule has 0 radical (unpaired) electrons. The van der Waals surface area contributed by atoms with Gasteiger partial charge in [-0.1, -0.05) is 6.92 Å². The van der Waals surface area contributed by atoms with Crippen molar-refractivity contribution in [1.82, 2.24) is 5.32 Å². The summed E-state index contributed by atoms with van der Waals surface area (Å²) in [7, 11) is 0. The van der Waals surface area contributed by atoms with Gasteiger partial charge in [-0.3, -0.25) is 4.79 Å². The number of hydrogen-bond acceptors (Lipinski definition) is 2. The van der Waals surface area contributed by atoms with Gasteiger partial charge in [-0.25, -0.2) is 0 Å². The van der Waals surface area contributed by atoms with Crippen LogP contribution in [0, 0.1) is 29.6 Å². The van der Waals surface area contributed by atoms with E-state index in [9.17, 15) is 4.79 Å². The van der Waals surface area contributed by atoms with Gasteiger partial charge in [0.25, 0.3) is 0 Å². The van der Waals surface area contributed by atoms with Gasteiger partial charge < -0.3 is 11.1 Å². The summed E-state index contributed by atoms with van der Waals surface area (Å²) in [5, 5.41) is 3.55. The predicted octanol–water partition coefficient (Wildman–Crippen LogP) is 2.83. The Morgan fingerprint density at radius 1 is 1.00 bits per heavy atom. The van der Waals surface area contributed by atoms with Crippen LogP contribution in [0.5, 0.6) is 0 Å². The summed E-state index contributed by atoms with van der Waals surface area (Å²) in [4.78, 5) is 12.9. The normalized spacial score (nSPS) is 51.9. The average Bonchev–Trinajstić information content (AvgIpc) is 2.39. The Balaban J connectivity index is 1.46. The molecule has 5 fully saturated rings. The Labute approximate surface area is 128 Å². The van der Waals surface area contributed by atoms with Crippen LogP contribution in [0.1, 0.15) is 64.7 Å². The van der Waals surface area contributed by atoms with Crippen LogP contribution >= 0.6 is 0 Å². The second kappa shape index (κ2) is 4.97. The minimum Gasteiger partial charge on any atom is -0.350 e. The first-order chi connectivity index (χ1) is 10.0. The molecule has 5 saturated carbocycles. The average molecular weight is 290 g/mol. The van der Waals surface area contributed by atoms with Gasteiger partial charge in [0.1, 0.15) is 0 Å². The van der Waals surface area contributed by atoms with Gasteiger partial charge in [-0.05, 0) is 81.5 Å². The molecule has 5 aliphatic rings. The third kappa shape index (κ3) is 2.52. The van der Waals surface area contributed by atoms with Gasteiger partial charge >= 0.3 is 0 Å². The van der Waals surface area contributed by atoms with E-state index in [1.54, 1.807) is 0 Å². The zero-order chi connectivity index (χ0) is 14.6. The maximum atomic E-state index is 12.9. The molecule has 5 aliphatic carbocycles. The minimum absolute atomic E-state index is 0.154. The van der Waals surface area contributed by atoms with Crippen molar-refractivity contribution in [2.75, 3.05) is 0 Å². The predicted molar refractivity (Wildman–Crippen MR) is 83.5 cm³/mol.